The molecule has 2 aliphatic rings. The van der Waals surface area contributed by atoms with Crippen molar-refractivity contribution in [3.05, 3.63) is 34.9 Å². The fraction of sp³-hybridized carbons (Fsp3) is 0.538. The maximum absolute atomic E-state index is 12.8. The van der Waals surface area contributed by atoms with Gasteiger partial charge in [0.05, 0.1) is 5.56 Å². The van der Waals surface area contributed by atoms with E-state index in [1.165, 1.54) is 13.0 Å². The Bertz CT molecular complexity index is 466. The molecule has 3 rings (SSSR count). The third-order valence-corrected chi connectivity index (χ3v) is 4.18. The lowest BCUT2D eigenvalue weighted by molar-refractivity contribution is -0.138. The third-order valence-electron chi connectivity index (χ3n) is 4.18. The monoisotopic (exact) mass is 241 g/mol. The Morgan fingerprint density at radius 2 is 2.12 bits per heavy atom. The van der Waals surface area contributed by atoms with Gasteiger partial charge in [-0.3, -0.25) is 0 Å². The molecule has 0 bridgehead atoms. The molecule has 0 radical (unpaired) electrons. The van der Waals surface area contributed by atoms with Crippen LogP contribution in [0, 0.1) is 12.8 Å². The zero-order valence-electron chi connectivity index (χ0n) is 9.56. The van der Waals surface area contributed by atoms with Crippen LogP contribution in [0.2, 0.25) is 0 Å². The number of nitrogens with one attached hydrogen (secondary N) is 1. The quantitative estimate of drug-likeness (QED) is 0.797. The van der Waals surface area contributed by atoms with Gasteiger partial charge in [-0.15, -0.1) is 0 Å². The van der Waals surface area contributed by atoms with Crippen LogP contribution >= 0.6 is 0 Å². The van der Waals surface area contributed by atoms with Crippen molar-refractivity contribution >= 4 is 0 Å². The normalized spacial score (nSPS) is 31.4. The van der Waals surface area contributed by atoms with E-state index < -0.39 is 11.7 Å². The average Bonchev–Trinajstić information content (AvgIpc) is 2.80. The van der Waals surface area contributed by atoms with E-state index in [2.05, 4.69) is 5.32 Å². The first kappa shape index (κ1) is 11.1. The van der Waals surface area contributed by atoms with Crippen LogP contribution in [0.5, 0.6) is 0 Å². The van der Waals surface area contributed by atoms with Gasteiger partial charge in [0.1, 0.15) is 0 Å². The number of alkyl halides is 3. The number of aryl methyl sites for hydroxylation is 1. The minimum absolute atomic E-state index is 0.00625. The molecule has 4 heteroatoms. The zero-order valence-corrected chi connectivity index (χ0v) is 9.56. The summed E-state index contributed by atoms with van der Waals surface area (Å²) in [4.78, 5) is 0. The number of hydrogen-bond donors (Lipinski definition) is 1. The van der Waals surface area contributed by atoms with Crippen LogP contribution in [0.15, 0.2) is 18.2 Å². The Morgan fingerprint density at radius 1 is 1.35 bits per heavy atom. The highest BCUT2D eigenvalue weighted by Crippen LogP contribution is 2.56. The van der Waals surface area contributed by atoms with E-state index in [4.69, 9.17) is 0 Å². The molecule has 1 heterocycles. The lowest BCUT2D eigenvalue weighted by atomic mass is 9.92. The van der Waals surface area contributed by atoms with Crippen LogP contribution in [0.25, 0.3) is 0 Å². The van der Waals surface area contributed by atoms with Gasteiger partial charge >= 0.3 is 6.18 Å². The maximum atomic E-state index is 12.8. The van der Waals surface area contributed by atoms with Gasteiger partial charge in [0.15, 0.2) is 0 Å². The van der Waals surface area contributed by atoms with Crippen molar-refractivity contribution in [2.45, 2.75) is 24.9 Å². The molecule has 1 aromatic rings. The van der Waals surface area contributed by atoms with Crippen LogP contribution in [0.1, 0.15) is 23.1 Å². The molecular weight excluding hydrogens is 227 g/mol. The van der Waals surface area contributed by atoms with E-state index in [0.717, 1.165) is 25.1 Å². The Balaban J connectivity index is 2.03. The molecule has 1 saturated carbocycles. The van der Waals surface area contributed by atoms with Crippen LogP contribution in [-0.4, -0.2) is 13.1 Å². The number of hydrogen-bond acceptors (Lipinski definition) is 1. The summed E-state index contributed by atoms with van der Waals surface area (Å²) in [5.74, 6) is 0.534. The van der Waals surface area contributed by atoms with E-state index in [1.54, 1.807) is 6.07 Å². The number of rotatable bonds is 1. The summed E-state index contributed by atoms with van der Waals surface area (Å²) >= 11 is 0. The van der Waals surface area contributed by atoms with Crippen molar-refractivity contribution < 1.29 is 13.2 Å². The minimum Gasteiger partial charge on any atom is -0.316 e. The molecule has 0 aromatic heterocycles. The standard InChI is InChI=1S/C13H14F3N/c1-8-2-3-9(4-11(8)13(14,15)16)12-5-10(12)6-17-7-12/h2-4,10,17H,5-7H2,1H3/t10?,12-/m1/s1. The first-order valence-corrected chi connectivity index (χ1v) is 5.82. The molecule has 1 unspecified atom stereocenters. The molecule has 0 spiro atoms. The summed E-state index contributed by atoms with van der Waals surface area (Å²) in [5.41, 5.74) is 0.668. The fourth-order valence-electron chi connectivity index (χ4n) is 3.03. The second kappa shape index (κ2) is 3.25. The van der Waals surface area contributed by atoms with Crippen molar-refractivity contribution in [1.29, 1.82) is 0 Å². The number of piperidine rings is 1. The van der Waals surface area contributed by atoms with Gasteiger partial charge in [-0.1, -0.05) is 12.1 Å². The van der Waals surface area contributed by atoms with Crippen LogP contribution in [0.3, 0.4) is 0 Å². The molecule has 1 aliphatic carbocycles. The lowest BCUT2D eigenvalue weighted by Gasteiger charge is -2.17. The first-order chi connectivity index (χ1) is 7.93. The number of fused-ring (bicyclic) bond motifs is 1. The molecule has 2 fully saturated rings. The van der Waals surface area contributed by atoms with Gasteiger partial charge in [-0.05, 0) is 43.0 Å². The average molecular weight is 241 g/mol. The van der Waals surface area contributed by atoms with E-state index in [-0.39, 0.29) is 5.41 Å². The number of halogens is 3. The van der Waals surface area contributed by atoms with E-state index >= 15 is 0 Å². The van der Waals surface area contributed by atoms with Gasteiger partial charge < -0.3 is 5.32 Å². The highest BCUT2D eigenvalue weighted by atomic mass is 19.4. The van der Waals surface area contributed by atoms with Crippen LogP contribution in [0.4, 0.5) is 13.2 Å². The van der Waals surface area contributed by atoms with Gasteiger partial charge in [0, 0.05) is 12.0 Å². The van der Waals surface area contributed by atoms with Crippen molar-refractivity contribution in [2.75, 3.05) is 13.1 Å². The Hall–Kier alpha value is -1.03. The predicted octanol–water partition coefficient (Wildman–Crippen LogP) is 2.87. The topological polar surface area (TPSA) is 12.0 Å². The largest absolute Gasteiger partial charge is 0.416 e. The highest BCUT2D eigenvalue weighted by Gasteiger charge is 2.58. The third kappa shape index (κ3) is 1.58. The fourth-order valence-corrected chi connectivity index (χ4v) is 3.03. The molecule has 1 nitrogen and oxygen atoms in total. The smallest absolute Gasteiger partial charge is 0.316 e. The van der Waals surface area contributed by atoms with Gasteiger partial charge in [-0.2, -0.15) is 13.2 Å². The van der Waals surface area contributed by atoms with Gasteiger partial charge in [0.2, 0.25) is 0 Å². The van der Waals surface area contributed by atoms with Crippen LogP contribution < -0.4 is 5.32 Å². The van der Waals surface area contributed by atoms with Gasteiger partial charge in [-0.25, -0.2) is 0 Å². The van der Waals surface area contributed by atoms with Crippen molar-refractivity contribution in [3.63, 3.8) is 0 Å². The Morgan fingerprint density at radius 3 is 2.65 bits per heavy atom. The summed E-state index contributed by atoms with van der Waals surface area (Å²) in [7, 11) is 0. The lowest BCUT2D eigenvalue weighted by Crippen LogP contribution is -2.20. The Kier molecular flexibility index (Phi) is 2.12. The summed E-state index contributed by atoms with van der Waals surface area (Å²) in [5, 5.41) is 3.25. The summed E-state index contributed by atoms with van der Waals surface area (Å²) < 4.78 is 38.5. The van der Waals surface area contributed by atoms with Crippen molar-refractivity contribution in [2.24, 2.45) is 5.92 Å². The van der Waals surface area contributed by atoms with E-state index in [0.29, 0.717) is 11.5 Å². The van der Waals surface area contributed by atoms with E-state index in [1.807, 2.05) is 6.07 Å². The Labute approximate surface area is 98.0 Å². The molecule has 17 heavy (non-hydrogen) atoms. The molecule has 1 aliphatic heterocycles. The van der Waals surface area contributed by atoms with Crippen molar-refractivity contribution in [1.82, 2.24) is 5.32 Å². The second-order valence-electron chi connectivity index (χ2n) is 5.22. The highest BCUT2D eigenvalue weighted by molar-refractivity contribution is 5.42. The molecule has 0 amide bonds. The van der Waals surface area contributed by atoms with E-state index in [9.17, 15) is 13.2 Å². The second-order valence-corrected chi connectivity index (χ2v) is 5.22. The van der Waals surface area contributed by atoms with Crippen molar-refractivity contribution in [3.8, 4) is 0 Å². The molecule has 92 valence electrons. The minimum atomic E-state index is -4.24. The molecule has 1 N–H and O–H groups in total. The molecular formula is C13H14F3N. The molecule has 1 saturated heterocycles. The SMILES string of the molecule is Cc1ccc([C@@]23CNCC2C3)cc1C(F)(F)F. The summed E-state index contributed by atoms with van der Waals surface area (Å²) in [6.07, 6.45) is -3.21. The molecule has 2 atom stereocenters. The van der Waals surface area contributed by atoms with Gasteiger partial charge in [0.25, 0.3) is 0 Å². The first-order valence-electron chi connectivity index (χ1n) is 5.82. The van der Waals surface area contributed by atoms with Crippen LogP contribution in [-0.2, 0) is 11.6 Å². The maximum Gasteiger partial charge on any atom is 0.416 e. The molecule has 1 aromatic carbocycles. The zero-order chi connectivity index (χ0) is 12.3. The predicted molar refractivity (Wildman–Crippen MR) is 58.8 cm³/mol. The summed E-state index contributed by atoms with van der Waals surface area (Å²) in [6.45, 7) is 3.27. The number of benzene rings is 1. The summed E-state index contributed by atoms with van der Waals surface area (Å²) in [6, 6.07) is 4.81.